The predicted molar refractivity (Wildman–Crippen MR) is 64.8 cm³/mol. The molecule has 0 amide bonds. The van der Waals surface area contributed by atoms with Gasteiger partial charge in [-0.25, -0.2) is 4.68 Å². The predicted octanol–water partition coefficient (Wildman–Crippen LogP) is 1.30. The number of benzene rings is 1. The number of carbonyl (C=O) groups is 1. The Labute approximate surface area is 105 Å². The molecule has 0 spiro atoms. The molecule has 1 aromatic heterocycles. The number of rotatable bonds is 5. The number of ketones is 1. The number of tetrazole rings is 1. The molecule has 0 bridgehead atoms. The van der Waals surface area contributed by atoms with E-state index < -0.39 is 0 Å². The lowest BCUT2D eigenvalue weighted by molar-refractivity contribution is -0.119. The fourth-order valence-electron chi connectivity index (χ4n) is 1.44. The van der Waals surface area contributed by atoms with Gasteiger partial charge in [-0.1, -0.05) is 30.3 Å². The van der Waals surface area contributed by atoms with E-state index in [1.54, 1.807) is 0 Å². The van der Waals surface area contributed by atoms with Crippen molar-refractivity contribution in [3.8, 4) is 0 Å². The van der Waals surface area contributed by atoms with E-state index in [0.717, 1.165) is 6.42 Å². The summed E-state index contributed by atoms with van der Waals surface area (Å²) in [5, 5.41) is 10.6. The quantitative estimate of drug-likeness (QED) is 0.805. The third kappa shape index (κ3) is 4.32. The van der Waals surface area contributed by atoms with Crippen LogP contribution in [-0.4, -0.2) is 26.0 Å². The van der Waals surface area contributed by atoms with E-state index in [2.05, 4.69) is 15.5 Å². The highest BCUT2D eigenvalue weighted by atomic mass is 35.5. The van der Waals surface area contributed by atoms with Gasteiger partial charge < -0.3 is 0 Å². The highest BCUT2D eigenvalue weighted by Crippen LogP contribution is 2.03. The number of hydrogen-bond donors (Lipinski definition) is 0. The third-order valence-corrected chi connectivity index (χ3v) is 2.27. The van der Waals surface area contributed by atoms with Crippen LogP contribution in [0.25, 0.3) is 0 Å². The molecule has 0 saturated heterocycles. The molecule has 5 nitrogen and oxygen atoms in total. The highest BCUT2D eigenvalue weighted by Gasteiger charge is 2.04. The maximum Gasteiger partial charge on any atom is 0.154 e. The topological polar surface area (TPSA) is 60.7 Å². The zero-order valence-corrected chi connectivity index (χ0v) is 10.0. The molecule has 0 saturated carbocycles. The molecule has 0 aliphatic carbocycles. The van der Waals surface area contributed by atoms with Crippen molar-refractivity contribution in [3.05, 3.63) is 42.2 Å². The van der Waals surface area contributed by atoms with Gasteiger partial charge >= 0.3 is 0 Å². The average Bonchev–Trinajstić information content (AvgIpc) is 2.81. The number of nitrogens with zero attached hydrogens (tertiary/aromatic N) is 4. The fourth-order valence-corrected chi connectivity index (χ4v) is 1.44. The van der Waals surface area contributed by atoms with E-state index in [1.807, 2.05) is 30.3 Å². The van der Waals surface area contributed by atoms with Crippen molar-refractivity contribution >= 4 is 18.2 Å². The third-order valence-electron chi connectivity index (χ3n) is 2.27. The van der Waals surface area contributed by atoms with Crippen molar-refractivity contribution in [2.75, 3.05) is 0 Å². The van der Waals surface area contributed by atoms with Crippen molar-refractivity contribution in [2.45, 2.75) is 19.4 Å². The van der Waals surface area contributed by atoms with Crippen molar-refractivity contribution in [1.82, 2.24) is 20.2 Å². The largest absolute Gasteiger partial charge is 0.298 e. The molecule has 17 heavy (non-hydrogen) atoms. The number of aryl methyl sites for hydroxylation is 1. The van der Waals surface area contributed by atoms with Gasteiger partial charge in [0.15, 0.2) is 5.78 Å². The Balaban J connectivity index is 0.00000144. The summed E-state index contributed by atoms with van der Waals surface area (Å²) < 4.78 is 1.44. The molecule has 0 radical (unpaired) electrons. The van der Waals surface area contributed by atoms with Gasteiger partial charge in [0, 0.05) is 6.42 Å². The SMILES string of the molecule is Cl.O=C(CCc1ccccc1)Cn1cnnn1. The van der Waals surface area contributed by atoms with E-state index in [0.29, 0.717) is 6.42 Å². The van der Waals surface area contributed by atoms with Crippen LogP contribution < -0.4 is 0 Å². The summed E-state index contributed by atoms with van der Waals surface area (Å²) >= 11 is 0. The maximum atomic E-state index is 11.6. The van der Waals surface area contributed by atoms with Crippen molar-refractivity contribution < 1.29 is 4.79 Å². The average molecular weight is 253 g/mol. The Kier molecular flexibility index (Phi) is 5.29. The minimum atomic E-state index is 0. The summed E-state index contributed by atoms with van der Waals surface area (Å²) in [4.78, 5) is 11.6. The minimum Gasteiger partial charge on any atom is -0.298 e. The van der Waals surface area contributed by atoms with Gasteiger partial charge in [0.25, 0.3) is 0 Å². The van der Waals surface area contributed by atoms with Crippen LogP contribution in [0.15, 0.2) is 36.7 Å². The highest BCUT2D eigenvalue weighted by molar-refractivity contribution is 5.85. The molecule has 0 unspecified atom stereocenters. The lowest BCUT2D eigenvalue weighted by Gasteiger charge is -2.00. The van der Waals surface area contributed by atoms with Gasteiger partial charge in [-0.2, -0.15) is 0 Å². The molecule has 90 valence electrons. The van der Waals surface area contributed by atoms with Crippen molar-refractivity contribution in [1.29, 1.82) is 0 Å². The number of carbonyl (C=O) groups excluding carboxylic acids is 1. The van der Waals surface area contributed by atoms with Gasteiger partial charge in [0.05, 0.1) is 0 Å². The molecular formula is C11H13ClN4O. The molecule has 1 aromatic carbocycles. The first-order chi connectivity index (χ1) is 7.84. The second kappa shape index (κ2) is 6.75. The summed E-state index contributed by atoms with van der Waals surface area (Å²) in [6.45, 7) is 0.250. The van der Waals surface area contributed by atoms with Crippen LogP contribution in [-0.2, 0) is 17.8 Å². The smallest absolute Gasteiger partial charge is 0.154 e. The van der Waals surface area contributed by atoms with Gasteiger partial charge in [-0.15, -0.1) is 17.5 Å². The molecular weight excluding hydrogens is 240 g/mol. The van der Waals surface area contributed by atoms with Crippen LogP contribution in [0, 0.1) is 0 Å². The summed E-state index contributed by atoms with van der Waals surface area (Å²) in [7, 11) is 0. The van der Waals surface area contributed by atoms with Crippen LogP contribution in [0.4, 0.5) is 0 Å². The first kappa shape index (κ1) is 13.3. The van der Waals surface area contributed by atoms with E-state index in [4.69, 9.17) is 0 Å². The minimum absolute atomic E-state index is 0. The number of hydrogen-bond acceptors (Lipinski definition) is 4. The monoisotopic (exact) mass is 252 g/mol. The van der Waals surface area contributed by atoms with E-state index in [1.165, 1.54) is 16.6 Å². The Hall–Kier alpha value is -1.75. The first-order valence-electron chi connectivity index (χ1n) is 5.11. The molecule has 6 heteroatoms. The molecule has 0 aliphatic heterocycles. The summed E-state index contributed by atoms with van der Waals surface area (Å²) in [6.07, 6.45) is 2.73. The van der Waals surface area contributed by atoms with Crippen LogP contribution in [0.1, 0.15) is 12.0 Å². The zero-order chi connectivity index (χ0) is 11.2. The molecule has 2 aromatic rings. The standard InChI is InChI=1S/C11H12N4O.ClH/c16-11(8-15-9-12-13-14-15)7-6-10-4-2-1-3-5-10;/h1-5,9H,6-8H2;1H. The number of aromatic nitrogens is 4. The van der Waals surface area contributed by atoms with Gasteiger partial charge in [-0.3, -0.25) is 4.79 Å². The fraction of sp³-hybridized carbons (Fsp3) is 0.273. The Morgan fingerprint density at radius 1 is 1.24 bits per heavy atom. The number of halogens is 1. The molecule has 0 fully saturated rings. The first-order valence-corrected chi connectivity index (χ1v) is 5.11. The Morgan fingerprint density at radius 2 is 2.00 bits per heavy atom. The van der Waals surface area contributed by atoms with Crippen LogP contribution >= 0.6 is 12.4 Å². The lowest BCUT2D eigenvalue weighted by Crippen LogP contribution is -2.11. The second-order valence-electron chi connectivity index (χ2n) is 3.53. The normalized spacial score (nSPS) is 9.65. The maximum absolute atomic E-state index is 11.6. The Morgan fingerprint density at radius 3 is 2.65 bits per heavy atom. The Bertz CT molecular complexity index is 444. The zero-order valence-electron chi connectivity index (χ0n) is 9.19. The van der Waals surface area contributed by atoms with Gasteiger partial charge in [0.1, 0.15) is 12.9 Å². The van der Waals surface area contributed by atoms with Gasteiger partial charge in [-0.05, 0) is 22.4 Å². The van der Waals surface area contributed by atoms with Crippen LogP contribution in [0.2, 0.25) is 0 Å². The van der Waals surface area contributed by atoms with Crippen LogP contribution in [0.5, 0.6) is 0 Å². The lowest BCUT2D eigenvalue weighted by atomic mass is 10.1. The molecule has 2 rings (SSSR count). The molecule has 1 heterocycles. The second-order valence-corrected chi connectivity index (χ2v) is 3.53. The van der Waals surface area contributed by atoms with Crippen molar-refractivity contribution in [2.24, 2.45) is 0 Å². The van der Waals surface area contributed by atoms with Crippen molar-refractivity contribution in [3.63, 3.8) is 0 Å². The van der Waals surface area contributed by atoms with E-state index >= 15 is 0 Å². The summed E-state index contributed by atoms with van der Waals surface area (Å²) in [5.41, 5.74) is 1.17. The summed E-state index contributed by atoms with van der Waals surface area (Å²) in [5.74, 6) is 0.135. The molecule has 0 atom stereocenters. The van der Waals surface area contributed by atoms with Gasteiger partial charge in [0.2, 0.25) is 0 Å². The summed E-state index contributed by atoms with van der Waals surface area (Å²) in [6, 6.07) is 9.95. The van der Waals surface area contributed by atoms with Crippen LogP contribution in [0.3, 0.4) is 0 Å². The molecule has 0 N–H and O–H groups in total. The van der Waals surface area contributed by atoms with E-state index in [-0.39, 0.29) is 24.7 Å². The number of Topliss-reactive ketones (excluding diaryl/α,β-unsaturated/α-hetero) is 1. The molecule has 0 aliphatic rings. The van der Waals surface area contributed by atoms with E-state index in [9.17, 15) is 4.79 Å².